The summed E-state index contributed by atoms with van der Waals surface area (Å²) in [5.74, 6) is -1.82. The molecule has 0 bridgehead atoms. The number of hydrogen-bond acceptors (Lipinski definition) is 6. The molecule has 3 N–H and O–H groups in total. The first-order valence-corrected chi connectivity index (χ1v) is 17.6. The van der Waals surface area contributed by atoms with E-state index in [-0.39, 0.29) is 17.4 Å². The van der Waals surface area contributed by atoms with Gasteiger partial charge in [0.15, 0.2) is 0 Å². The molecule has 10 heteroatoms. The van der Waals surface area contributed by atoms with Gasteiger partial charge in [-0.25, -0.2) is 4.79 Å². The quantitative estimate of drug-likeness (QED) is 0.168. The number of carboxylic acid groups (broad SMARTS) is 1. The average molecular weight is 689 g/mol. The smallest absolute Gasteiger partial charge is 0.335 e. The number of nitrogens with one attached hydrogen (secondary N) is 2. The van der Waals surface area contributed by atoms with Crippen molar-refractivity contribution in [3.63, 3.8) is 0 Å². The summed E-state index contributed by atoms with van der Waals surface area (Å²) in [5.41, 5.74) is 6.84. The second-order valence-electron chi connectivity index (χ2n) is 13.2. The van der Waals surface area contributed by atoms with Crippen LogP contribution in [0, 0.1) is 0 Å². The normalized spacial score (nSPS) is 14.3. The van der Waals surface area contributed by atoms with E-state index in [1.54, 1.807) is 48.3 Å². The summed E-state index contributed by atoms with van der Waals surface area (Å²) in [7, 11) is 1.77. The molecule has 4 aromatic carbocycles. The minimum Gasteiger partial charge on any atom is -0.478 e. The van der Waals surface area contributed by atoms with Crippen LogP contribution in [0.3, 0.4) is 0 Å². The van der Waals surface area contributed by atoms with Crippen molar-refractivity contribution in [1.82, 2.24) is 9.80 Å². The summed E-state index contributed by atoms with van der Waals surface area (Å²) in [4.78, 5) is 55.7. The first-order chi connectivity index (χ1) is 24.7. The predicted molar refractivity (Wildman–Crippen MR) is 197 cm³/mol. The lowest BCUT2D eigenvalue weighted by molar-refractivity contribution is 0.0338. The number of benzene rings is 4. The summed E-state index contributed by atoms with van der Waals surface area (Å²) >= 11 is 0. The molecule has 3 amide bonds. The molecule has 4 aromatic rings. The number of anilines is 2. The molecule has 1 saturated heterocycles. The van der Waals surface area contributed by atoms with Gasteiger partial charge in [-0.1, -0.05) is 30.3 Å². The van der Waals surface area contributed by atoms with Gasteiger partial charge in [-0.3, -0.25) is 19.3 Å². The number of ether oxygens (including phenoxy) is 1. The highest BCUT2D eigenvalue weighted by Crippen LogP contribution is 2.29. The number of rotatable bonds is 12. The zero-order chi connectivity index (χ0) is 35.7. The first-order valence-electron chi connectivity index (χ1n) is 17.6. The van der Waals surface area contributed by atoms with Gasteiger partial charge in [-0.15, -0.1) is 0 Å². The van der Waals surface area contributed by atoms with Crippen molar-refractivity contribution in [3.8, 4) is 0 Å². The molecule has 0 unspecified atom stereocenters. The van der Waals surface area contributed by atoms with Crippen LogP contribution in [-0.4, -0.2) is 85.0 Å². The fourth-order valence-electron chi connectivity index (χ4n) is 6.56. The molecular weight excluding hydrogens is 644 g/mol. The van der Waals surface area contributed by atoms with Crippen LogP contribution in [-0.2, 0) is 30.4 Å². The summed E-state index contributed by atoms with van der Waals surface area (Å²) in [6.07, 6.45) is 5.38. The van der Waals surface area contributed by atoms with Gasteiger partial charge in [0.1, 0.15) is 0 Å². The van der Waals surface area contributed by atoms with Crippen molar-refractivity contribution in [3.05, 3.63) is 129 Å². The van der Waals surface area contributed by atoms with Crippen LogP contribution >= 0.6 is 0 Å². The maximum absolute atomic E-state index is 13.7. The van der Waals surface area contributed by atoms with E-state index in [1.807, 2.05) is 48.5 Å². The van der Waals surface area contributed by atoms with E-state index < -0.39 is 11.9 Å². The van der Waals surface area contributed by atoms with E-state index >= 15 is 0 Å². The van der Waals surface area contributed by atoms with Crippen molar-refractivity contribution in [2.75, 3.05) is 57.1 Å². The van der Waals surface area contributed by atoms with Crippen molar-refractivity contribution < 1.29 is 29.0 Å². The number of fused-ring (bicyclic) bond motifs is 1. The number of aryl methyl sites for hydroxylation is 4. The Bertz CT molecular complexity index is 1880. The Labute approximate surface area is 298 Å². The van der Waals surface area contributed by atoms with Gasteiger partial charge in [-0.2, -0.15) is 0 Å². The number of carbonyl (C=O) groups excluding carboxylic acids is 3. The van der Waals surface area contributed by atoms with Crippen LogP contribution in [0.25, 0.3) is 0 Å². The zero-order valence-electron chi connectivity index (χ0n) is 29.0. The number of hydrogen-bond donors (Lipinski definition) is 3. The van der Waals surface area contributed by atoms with E-state index in [9.17, 15) is 19.2 Å². The van der Waals surface area contributed by atoms with Crippen molar-refractivity contribution >= 4 is 35.1 Å². The van der Waals surface area contributed by atoms with Crippen molar-refractivity contribution in [2.45, 2.75) is 38.5 Å². The van der Waals surface area contributed by atoms with E-state index in [2.05, 4.69) is 15.5 Å². The van der Waals surface area contributed by atoms with Crippen LogP contribution in [0.2, 0.25) is 0 Å². The highest BCUT2D eigenvalue weighted by Gasteiger charge is 2.21. The lowest BCUT2D eigenvalue weighted by atomic mass is 9.89. The third-order valence-corrected chi connectivity index (χ3v) is 9.66. The lowest BCUT2D eigenvalue weighted by Gasteiger charge is -2.28. The van der Waals surface area contributed by atoms with Gasteiger partial charge in [0.25, 0.3) is 17.7 Å². The molecule has 264 valence electrons. The van der Waals surface area contributed by atoms with Gasteiger partial charge < -0.3 is 25.4 Å². The third-order valence-electron chi connectivity index (χ3n) is 9.66. The molecule has 51 heavy (non-hydrogen) atoms. The summed E-state index contributed by atoms with van der Waals surface area (Å²) in [5, 5.41) is 15.1. The highest BCUT2D eigenvalue weighted by molar-refractivity contribution is 6.13. The second-order valence-corrected chi connectivity index (χ2v) is 13.2. The van der Waals surface area contributed by atoms with Gasteiger partial charge >= 0.3 is 5.97 Å². The highest BCUT2D eigenvalue weighted by atomic mass is 16.5. The van der Waals surface area contributed by atoms with E-state index in [1.165, 1.54) is 0 Å². The summed E-state index contributed by atoms with van der Waals surface area (Å²) in [6, 6.07) is 25.0. The number of likely N-dealkylation sites (N-methyl/N-ethyl adjacent to an activating group) is 1. The molecule has 0 spiro atoms. The van der Waals surface area contributed by atoms with Crippen LogP contribution < -0.4 is 10.6 Å². The second kappa shape index (κ2) is 16.6. The van der Waals surface area contributed by atoms with E-state index in [0.29, 0.717) is 47.8 Å². The molecule has 0 saturated carbocycles. The Kier molecular flexibility index (Phi) is 11.6. The van der Waals surface area contributed by atoms with E-state index in [4.69, 9.17) is 9.84 Å². The molecule has 1 aliphatic carbocycles. The predicted octanol–water partition coefficient (Wildman–Crippen LogP) is 5.96. The fraction of sp³-hybridized carbons (Fsp3) is 0.317. The average Bonchev–Trinajstić information content (AvgIpc) is 3.16. The molecule has 0 radical (unpaired) electrons. The van der Waals surface area contributed by atoms with Crippen LogP contribution in [0.1, 0.15) is 76.5 Å². The Morgan fingerprint density at radius 3 is 2.04 bits per heavy atom. The standard InChI is InChI=1S/C41H44N4O6/c1-44(19-20-45-21-23-51-24-22-45)40(48)34-8-4-7-33(25-34)38(46)43-37-27-32-6-3-2-5-31(32)26-36(37)39(47)42-35-17-13-29(14-18-35)10-9-28-11-15-30(16-12-28)41(49)50/h4,7-8,11-18,25-27H,2-3,5-6,9-10,19-24H2,1H3,(H,42,47)(H,43,46)(H,49,50). The Hall–Kier alpha value is -5.32. The molecular formula is C41H44N4O6. The number of aromatic carboxylic acids is 1. The van der Waals surface area contributed by atoms with Crippen LogP contribution in [0.4, 0.5) is 11.4 Å². The van der Waals surface area contributed by atoms with Crippen molar-refractivity contribution in [1.29, 1.82) is 0 Å². The molecule has 6 rings (SSSR count). The SMILES string of the molecule is CN(CCN1CCOCC1)C(=O)c1cccc(C(=O)Nc2cc3c(cc2C(=O)Nc2ccc(CCc4ccc(C(=O)O)cc4)cc2)CCCC3)c1. The number of amides is 3. The monoisotopic (exact) mass is 688 g/mol. The van der Waals surface area contributed by atoms with Gasteiger partial charge in [0.05, 0.1) is 30.0 Å². The molecule has 10 nitrogen and oxygen atoms in total. The number of carbonyl (C=O) groups is 4. The number of carboxylic acids is 1. The van der Waals surface area contributed by atoms with Crippen LogP contribution in [0.5, 0.6) is 0 Å². The molecule has 0 atom stereocenters. The number of nitrogens with zero attached hydrogens (tertiary/aromatic N) is 2. The molecule has 1 fully saturated rings. The largest absolute Gasteiger partial charge is 0.478 e. The fourth-order valence-corrected chi connectivity index (χ4v) is 6.56. The van der Waals surface area contributed by atoms with Gasteiger partial charge in [0, 0.05) is 50.0 Å². The van der Waals surface area contributed by atoms with Crippen LogP contribution in [0.15, 0.2) is 84.9 Å². The van der Waals surface area contributed by atoms with Gasteiger partial charge in [-0.05, 0) is 115 Å². The van der Waals surface area contributed by atoms with E-state index in [0.717, 1.165) is 80.4 Å². The minimum absolute atomic E-state index is 0.160. The summed E-state index contributed by atoms with van der Waals surface area (Å²) in [6.45, 7) is 4.42. The molecule has 2 aliphatic rings. The Morgan fingerprint density at radius 2 is 1.37 bits per heavy atom. The molecule has 0 aromatic heterocycles. The van der Waals surface area contributed by atoms with Gasteiger partial charge in [0.2, 0.25) is 0 Å². The third kappa shape index (κ3) is 9.27. The Morgan fingerprint density at radius 1 is 0.745 bits per heavy atom. The number of morpholine rings is 1. The topological polar surface area (TPSA) is 128 Å². The maximum atomic E-state index is 13.7. The van der Waals surface area contributed by atoms with Crippen molar-refractivity contribution in [2.24, 2.45) is 0 Å². The molecule has 1 heterocycles. The first kappa shape index (κ1) is 35.5. The maximum Gasteiger partial charge on any atom is 0.335 e. The summed E-state index contributed by atoms with van der Waals surface area (Å²) < 4.78 is 5.41. The zero-order valence-corrected chi connectivity index (χ0v) is 29.0. The lowest BCUT2D eigenvalue weighted by Crippen LogP contribution is -2.41. The Balaban J connectivity index is 1.12. The molecule has 1 aliphatic heterocycles. The minimum atomic E-state index is -0.943.